The maximum atomic E-state index is 12.1. The van der Waals surface area contributed by atoms with Crippen LogP contribution in [0.5, 0.6) is 0 Å². The van der Waals surface area contributed by atoms with Crippen LogP contribution in [0.3, 0.4) is 0 Å². The van der Waals surface area contributed by atoms with E-state index in [-0.39, 0.29) is 11.8 Å². The summed E-state index contributed by atoms with van der Waals surface area (Å²) in [6, 6.07) is 0. The molecule has 29 heavy (non-hydrogen) atoms. The van der Waals surface area contributed by atoms with Crippen molar-refractivity contribution in [2.45, 2.75) is 74.6 Å². The first-order chi connectivity index (χ1) is 13.5. The van der Waals surface area contributed by atoms with Crippen molar-refractivity contribution >= 4 is 20.0 Å². The van der Waals surface area contributed by atoms with Crippen molar-refractivity contribution in [3.05, 3.63) is 12.7 Å². The van der Waals surface area contributed by atoms with E-state index in [0.29, 0.717) is 38.2 Å². The maximum Gasteiger partial charge on any atom is 0.214 e. The summed E-state index contributed by atoms with van der Waals surface area (Å²) in [5.41, 5.74) is 0. The lowest BCUT2D eigenvalue weighted by Gasteiger charge is -2.25. The highest BCUT2D eigenvalue weighted by atomic mass is 32.2. The van der Waals surface area contributed by atoms with Gasteiger partial charge in [0.05, 0.1) is 18.8 Å². The molecule has 10 heteroatoms. The van der Waals surface area contributed by atoms with Crippen molar-refractivity contribution in [3.8, 4) is 0 Å². The second-order valence-corrected chi connectivity index (χ2v) is 12.1. The average Bonchev–Trinajstić information content (AvgIpc) is 3.52. The highest BCUT2D eigenvalue weighted by Crippen LogP contribution is 2.44. The molecule has 8 nitrogen and oxygen atoms in total. The Balaban J connectivity index is 1.94. The van der Waals surface area contributed by atoms with Crippen LogP contribution in [0.15, 0.2) is 12.7 Å². The molecule has 0 bridgehead atoms. The van der Waals surface area contributed by atoms with Gasteiger partial charge in [-0.2, -0.15) is 0 Å². The molecule has 0 spiro atoms. The van der Waals surface area contributed by atoms with Gasteiger partial charge in [0, 0.05) is 7.11 Å². The molecule has 2 saturated carbocycles. The Bertz CT molecular complexity index is 747. The van der Waals surface area contributed by atoms with E-state index in [9.17, 15) is 16.8 Å². The summed E-state index contributed by atoms with van der Waals surface area (Å²) in [4.78, 5) is 0. The van der Waals surface area contributed by atoms with Crippen molar-refractivity contribution in [1.29, 1.82) is 0 Å². The highest BCUT2D eigenvalue weighted by Gasteiger charge is 2.44. The number of ether oxygens (including phenoxy) is 2. The second kappa shape index (κ2) is 10.2. The predicted molar refractivity (Wildman–Crippen MR) is 113 cm³/mol. The molecule has 2 unspecified atom stereocenters. The number of sulfonamides is 2. The molecule has 0 aromatic carbocycles. The molecule has 6 atom stereocenters. The first-order valence-corrected chi connectivity index (χ1v) is 13.5. The van der Waals surface area contributed by atoms with E-state index in [2.05, 4.69) is 6.58 Å². The minimum absolute atomic E-state index is 0.170. The minimum atomic E-state index is -3.72. The minimum Gasteiger partial charge on any atom is -0.380 e. The van der Waals surface area contributed by atoms with Gasteiger partial charge in [-0.3, -0.25) is 0 Å². The van der Waals surface area contributed by atoms with Crippen molar-refractivity contribution in [2.24, 2.45) is 28.0 Å². The molecule has 4 N–H and O–H groups in total. The van der Waals surface area contributed by atoms with Crippen LogP contribution in [0.4, 0.5) is 0 Å². The lowest BCUT2D eigenvalue weighted by molar-refractivity contribution is 0.0392. The first-order valence-electron chi connectivity index (χ1n) is 10.3. The summed E-state index contributed by atoms with van der Waals surface area (Å²) in [5, 5.41) is 9.42. The highest BCUT2D eigenvalue weighted by molar-refractivity contribution is 7.90. The van der Waals surface area contributed by atoms with Crippen LogP contribution in [-0.4, -0.2) is 53.3 Å². The third-order valence-corrected chi connectivity index (χ3v) is 8.85. The summed E-state index contributed by atoms with van der Waals surface area (Å²) in [5.74, 6) is 0.754. The molecular formula is C19H36N2O6S2. The quantitative estimate of drug-likeness (QED) is 0.361. The second-order valence-electron chi connectivity index (χ2n) is 8.50. The molecule has 0 amide bonds. The summed E-state index contributed by atoms with van der Waals surface area (Å²) in [6.45, 7) is 5.96. The van der Waals surface area contributed by atoms with Gasteiger partial charge in [0.1, 0.15) is 10.5 Å². The van der Waals surface area contributed by atoms with Gasteiger partial charge in [0.15, 0.2) is 0 Å². The molecular weight excluding hydrogens is 416 g/mol. The van der Waals surface area contributed by atoms with E-state index in [1.54, 1.807) is 6.08 Å². The Hall–Kier alpha value is -0.520. The summed E-state index contributed by atoms with van der Waals surface area (Å²) >= 11 is 0. The molecule has 2 rings (SSSR count). The van der Waals surface area contributed by atoms with Gasteiger partial charge in [0.25, 0.3) is 0 Å². The fourth-order valence-corrected chi connectivity index (χ4v) is 6.49. The molecule has 2 aliphatic carbocycles. The normalized spacial score (nSPS) is 26.5. The van der Waals surface area contributed by atoms with Gasteiger partial charge in [0.2, 0.25) is 20.0 Å². The van der Waals surface area contributed by atoms with Gasteiger partial charge in [-0.25, -0.2) is 27.1 Å². The summed E-state index contributed by atoms with van der Waals surface area (Å²) < 4.78 is 59.5. The fourth-order valence-electron chi connectivity index (χ4n) is 4.10. The molecule has 0 heterocycles. The zero-order chi connectivity index (χ0) is 21.8. The van der Waals surface area contributed by atoms with E-state index in [1.807, 2.05) is 6.92 Å². The monoisotopic (exact) mass is 452 g/mol. The molecule has 2 fully saturated rings. The average molecular weight is 453 g/mol. The lowest BCUT2D eigenvalue weighted by Crippen LogP contribution is -2.41. The Labute approximate surface area is 175 Å². The maximum absolute atomic E-state index is 12.1. The van der Waals surface area contributed by atoms with Gasteiger partial charge >= 0.3 is 0 Å². The van der Waals surface area contributed by atoms with E-state index < -0.39 is 42.8 Å². The first kappa shape index (κ1) is 24.7. The van der Waals surface area contributed by atoms with E-state index in [1.165, 1.54) is 7.11 Å². The third-order valence-electron chi connectivity index (χ3n) is 6.17. The number of hydrogen-bond acceptors (Lipinski definition) is 6. The van der Waals surface area contributed by atoms with Crippen LogP contribution >= 0.6 is 0 Å². The number of primary sulfonamides is 2. The zero-order valence-electron chi connectivity index (χ0n) is 17.4. The number of methoxy groups -OCH3 is 1. The Kier molecular flexibility index (Phi) is 8.70. The SMILES string of the molecule is C=CC[C@@H](OCC1CC1C[C@@H]([C@@H](CC)OC)S(N)(=O)=O)[C@@H](CC1CC1)S(N)(=O)=O. The predicted octanol–water partition coefficient (Wildman–Crippen LogP) is 1.51. The Morgan fingerprint density at radius 3 is 2.07 bits per heavy atom. The van der Waals surface area contributed by atoms with Crippen LogP contribution in [0, 0.1) is 17.8 Å². The van der Waals surface area contributed by atoms with E-state index in [4.69, 9.17) is 19.8 Å². The molecule has 0 saturated heterocycles. The zero-order valence-corrected chi connectivity index (χ0v) is 19.0. The van der Waals surface area contributed by atoms with Gasteiger partial charge in [-0.1, -0.05) is 25.8 Å². The number of rotatable bonds is 15. The lowest BCUT2D eigenvalue weighted by atomic mass is 10.1. The van der Waals surface area contributed by atoms with Gasteiger partial charge in [-0.05, 0) is 49.9 Å². The van der Waals surface area contributed by atoms with Crippen molar-refractivity contribution in [3.63, 3.8) is 0 Å². The van der Waals surface area contributed by atoms with Crippen molar-refractivity contribution in [2.75, 3.05) is 13.7 Å². The molecule has 0 radical (unpaired) electrons. The molecule has 2 aliphatic rings. The summed E-state index contributed by atoms with van der Waals surface area (Å²) in [6.07, 6.45) is 5.49. The Morgan fingerprint density at radius 1 is 1.03 bits per heavy atom. The van der Waals surface area contributed by atoms with E-state index in [0.717, 1.165) is 19.3 Å². The van der Waals surface area contributed by atoms with E-state index >= 15 is 0 Å². The fraction of sp³-hybridized carbons (Fsp3) is 0.895. The standard InChI is InChI=1S/C19H36N2O6S2/c1-4-6-17(18(28(20,22)23)9-13-7-8-13)27-12-15-10-14(15)11-19(29(21,24)25)16(5-2)26-3/h4,13-19H,1,5-12H2,2-3H3,(H2,20,22,23)(H2,21,24,25)/t14?,15?,16-,17-,18-,19+/m1/s1. The molecule has 170 valence electrons. The largest absolute Gasteiger partial charge is 0.380 e. The third kappa shape index (κ3) is 7.59. The van der Waals surface area contributed by atoms with Crippen molar-refractivity contribution in [1.82, 2.24) is 0 Å². The topological polar surface area (TPSA) is 139 Å². The van der Waals surface area contributed by atoms with Crippen LogP contribution < -0.4 is 10.3 Å². The Morgan fingerprint density at radius 2 is 1.62 bits per heavy atom. The van der Waals surface area contributed by atoms with Crippen molar-refractivity contribution < 1.29 is 26.3 Å². The summed E-state index contributed by atoms with van der Waals surface area (Å²) in [7, 11) is -5.95. The molecule has 0 aromatic rings. The number of nitrogens with two attached hydrogens (primary N) is 2. The van der Waals surface area contributed by atoms with Crippen LogP contribution in [0.25, 0.3) is 0 Å². The van der Waals surface area contributed by atoms with Gasteiger partial charge in [-0.15, -0.1) is 6.58 Å². The molecule has 0 aliphatic heterocycles. The van der Waals surface area contributed by atoms with Crippen LogP contribution in [-0.2, 0) is 29.5 Å². The molecule has 0 aromatic heterocycles. The van der Waals surface area contributed by atoms with Gasteiger partial charge < -0.3 is 9.47 Å². The number of hydrogen-bond donors (Lipinski definition) is 2. The van der Waals surface area contributed by atoms with Crippen LogP contribution in [0.1, 0.15) is 51.9 Å². The smallest absolute Gasteiger partial charge is 0.214 e. The van der Waals surface area contributed by atoms with Crippen LogP contribution in [0.2, 0.25) is 0 Å².